The van der Waals surface area contributed by atoms with Gasteiger partial charge in [0.2, 0.25) is 0 Å². The molecule has 0 unspecified atom stereocenters. The number of benzene rings is 3. The van der Waals surface area contributed by atoms with E-state index in [4.69, 9.17) is 9.47 Å². The minimum Gasteiger partial charge on any atom is -0.487 e. The van der Waals surface area contributed by atoms with Gasteiger partial charge in [0.05, 0.1) is 0 Å². The number of hydrogen-bond donors (Lipinski definition) is 2. The van der Waals surface area contributed by atoms with Crippen molar-refractivity contribution in [2.45, 2.75) is 56.6 Å². The molecule has 3 aromatic carbocycles. The molecule has 0 fully saturated rings. The summed E-state index contributed by atoms with van der Waals surface area (Å²) in [5.74, 6) is 0.619. The van der Waals surface area contributed by atoms with Crippen molar-refractivity contribution in [1.82, 2.24) is 4.90 Å². The van der Waals surface area contributed by atoms with Gasteiger partial charge in [-0.2, -0.15) is 0 Å². The van der Waals surface area contributed by atoms with Crippen molar-refractivity contribution < 1.29 is 28.5 Å². The van der Waals surface area contributed by atoms with E-state index >= 15 is 0 Å². The largest absolute Gasteiger partial charge is 0.487 e. The first kappa shape index (κ1) is 24.7. The smallest absolute Gasteiger partial charge is 0.126 e. The van der Waals surface area contributed by atoms with Gasteiger partial charge in [0.25, 0.3) is 0 Å². The summed E-state index contributed by atoms with van der Waals surface area (Å²) < 4.78 is 39.1. The molecule has 7 heteroatoms. The van der Waals surface area contributed by atoms with Crippen molar-refractivity contribution in [3.8, 4) is 11.5 Å². The molecule has 0 radical (unpaired) electrons. The molecular weight excluding hydrogens is 464 g/mol. The van der Waals surface area contributed by atoms with Crippen LogP contribution in [0.1, 0.15) is 29.5 Å². The molecule has 0 aliphatic carbocycles. The van der Waals surface area contributed by atoms with E-state index in [2.05, 4.69) is 0 Å². The summed E-state index contributed by atoms with van der Waals surface area (Å²) >= 11 is 0. The zero-order valence-electron chi connectivity index (χ0n) is 20.0. The van der Waals surface area contributed by atoms with Crippen LogP contribution in [0.25, 0.3) is 0 Å². The predicted octanol–water partition coefficient (Wildman–Crippen LogP) is 4.28. The Morgan fingerprint density at radius 2 is 1.25 bits per heavy atom. The molecule has 4 atom stereocenters. The second-order valence-corrected chi connectivity index (χ2v) is 9.71. The Labute approximate surface area is 209 Å². The van der Waals surface area contributed by atoms with Gasteiger partial charge in [-0.05, 0) is 78.8 Å². The molecule has 2 aliphatic heterocycles. The van der Waals surface area contributed by atoms with Crippen LogP contribution in [0.2, 0.25) is 0 Å². The van der Waals surface area contributed by atoms with Crippen LogP contribution >= 0.6 is 0 Å². The van der Waals surface area contributed by atoms with E-state index in [0.717, 1.165) is 16.7 Å². The van der Waals surface area contributed by atoms with E-state index in [-0.39, 0.29) is 11.6 Å². The van der Waals surface area contributed by atoms with Crippen LogP contribution in [0.4, 0.5) is 8.78 Å². The lowest BCUT2D eigenvalue weighted by Gasteiger charge is -2.35. The fraction of sp³-hybridized carbons (Fsp3) is 0.379. The third-order valence-electron chi connectivity index (χ3n) is 7.00. The van der Waals surface area contributed by atoms with Gasteiger partial charge in [0.1, 0.15) is 47.5 Å². The zero-order valence-corrected chi connectivity index (χ0v) is 20.0. The maximum absolute atomic E-state index is 13.5. The van der Waals surface area contributed by atoms with Crippen LogP contribution in [-0.2, 0) is 19.4 Å². The Balaban J connectivity index is 1.26. The lowest BCUT2D eigenvalue weighted by atomic mass is 9.97. The van der Waals surface area contributed by atoms with Crippen LogP contribution < -0.4 is 9.47 Å². The highest BCUT2D eigenvalue weighted by atomic mass is 19.1. The Morgan fingerprint density at radius 1 is 0.750 bits per heavy atom. The van der Waals surface area contributed by atoms with Gasteiger partial charge in [0, 0.05) is 19.6 Å². The number of hydrogen-bond acceptors (Lipinski definition) is 5. The van der Waals surface area contributed by atoms with E-state index in [1.54, 1.807) is 12.1 Å². The van der Waals surface area contributed by atoms with E-state index in [1.807, 2.05) is 35.2 Å². The Hall–Kier alpha value is -3.00. The van der Waals surface area contributed by atoms with Crippen LogP contribution in [0.3, 0.4) is 0 Å². The third-order valence-corrected chi connectivity index (χ3v) is 7.00. The lowest BCUT2D eigenvalue weighted by Crippen LogP contribution is -2.48. The van der Waals surface area contributed by atoms with Crippen LogP contribution in [0.15, 0.2) is 66.7 Å². The molecule has 5 rings (SSSR count). The molecule has 0 aromatic heterocycles. The summed E-state index contributed by atoms with van der Waals surface area (Å²) in [5, 5.41) is 22.2. The van der Waals surface area contributed by atoms with Gasteiger partial charge in [0.15, 0.2) is 0 Å². The third kappa shape index (κ3) is 5.86. The first-order chi connectivity index (χ1) is 17.4. The van der Waals surface area contributed by atoms with Crippen LogP contribution in [0, 0.1) is 11.6 Å². The number of aliphatic hydroxyl groups is 2. The highest BCUT2D eigenvalue weighted by molar-refractivity contribution is 5.37. The summed E-state index contributed by atoms with van der Waals surface area (Å²) in [6.07, 6.45) is -0.0167. The molecule has 0 saturated heterocycles. The number of aryl methyl sites for hydroxylation is 2. The quantitative estimate of drug-likeness (QED) is 0.489. The van der Waals surface area contributed by atoms with E-state index in [1.165, 1.54) is 24.3 Å². The highest BCUT2D eigenvalue weighted by Gasteiger charge is 2.32. The summed E-state index contributed by atoms with van der Waals surface area (Å²) in [6.45, 7) is 1.13. The zero-order chi connectivity index (χ0) is 25.1. The van der Waals surface area contributed by atoms with Gasteiger partial charge in [-0.1, -0.05) is 30.3 Å². The Bertz CT molecular complexity index is 1100. The number of fused-ring (bicyclic) bond motifs is 2. The van der Waals surface area contributed by atoms with Crippen molar-refractivity contribution in [1.29, 1.82) is 0 Å². The molecule has 36 heavy (non-hydrogen) atoms. The number of nitrogens with zero attached hydrogens (tertiary/aromatic N) is 1. The number of halogens is 2. The topological polar surface area (TPSA) is 62.2 Å². The van der Waals surface area contributed by atoms with E-state index < -0.39 is 24.4 Å². The first-order valence-corrected chi connectivity index (χ1v) is 12.5. The standard InChI is InChI=1S/C29H31F2NO4/c30-22-8-12-26-20(14-22)6-10-28(35-26)24(33)17-32(16-19-4-2-1-3-5-19)18-25(34)29-11-7-21-15-23(31)9-13-27(21)36-29/h1-5,8-9,12-15,24-25,28-29,33-34H,6-7,10-11,16-18H2/t24-,25-,28-,29+/m0/s1. The van der Waals surface area contributed by atoms with Crippen LogP contribution in [0.5, 0.6) is 11.5 Å². The molecule has 2 heterocycles. The van der Waals surface area contributed by atoms with Gasteiger partial charge in [-0.15, -0.1) is 0 Å². The van der Waals surface area contributed by atoms with Crippen molar-refractivity contribution in [2.24, 2.45) is 0 Å². The predicted molar refractivity (Wildman–Crippen MR) is 132 cm³/mol. The molecule has 2 aliphatic rings. The Morgan fingerprint density at radius 3 is 1.75 bits per heavy atom. The number of ether oxygens (including phenoxy) is 2. The summed E-state index contributed by atoms with van der Waals surface area (Å²) in [5.41, 5.74) is 2.68. The maximum Gasteiger partial charge on any atom is 0.126 e. The van der Waals surface area contributed by atoms with Crippen LogP contribution in [-0.4, -0.2) is 52.6 Å². The molecule has 3 aromatic rings. The van der Waals surface area contributed by atoms with Gasteiger partial charge in [-0.3, -0.25) is 4.90 Å². The molecule has 0 saturated carbocycles. The van der Waals surface area contributed by atoms with E-state index in [9.17, 15) is 19.0 Å². The van der Waals surface area contributed by atoms with Gasteiger partial charge in [-0.25, -0.2) is 8.78 Å². The van der Waals surface area contributed by atoms with Gasteiger partial charge >= 0.3 is 0 Å². The monoisotopic (exact) mass is 495 g/mol. The fourth-order valence-electron chi connectivity index (χ4n) is 5.11. The van der Waals surface area contributed by atoms with Crippen molar-refractivity contribution in [2.75, 3.05) is 13.1 Å². The summed E-state index contributed by atoms with van der Waals surface area (Å²) in [4.78, 5) is 2.01. The lowest BCUT2D eigenvalue weighted by molar-refractivity contribution is -0.0295. The van der Waals surface area contributed by atoms with E-state index in [0.29, 0.717) is 56.8 Å². The average Bonchev–Trinajstić information content (AvgIpc) is 2.88. The van der Waals surface area contributed by atoms with Crippen molar-refractivity contribution >= 4 is 0 Å². The normalized spacial score (nSPS) is 20.6. The highest BCUT2D eigenvalue weighted by Crippen LogP contribution is 2.31. The number of rotatable bonds is 8. The van der Waals surface area contributed by atoms with Crippen molar-refractivity contribution in [3.63, 3.8) is 0 Å². The molecule has 2 N–H and O–H groups in total. The molecule has 0 spiro atoms. The summed E-state index contributed by atoms with van der Waals surface area (Å²) in [7, 11) is 0. The van der Waals surface area contributed by atoms with Gasteiger partial charge < -0.3 is 19.7 Å². The average molecular weight is 496 g/mol. The minimum atomic E-state index is -0.796. The first-order valence-electron chi connectivity index (χ1n) is 12.5. The second-order valence-electron chi connectivity index (χ2n) is 9.71. The minimum absolute atomic E-state index is 0.293. The second kappa shape index (κ2) is 10.9. The fourth-order valence-corrected chi connectivity index (χ4v) is 5.11. The number of aliphatic hydroxyl groups excluding tert-OH is 2. The maximum atomic E-state index is 13.5. The molecule has 0 bridgehead atoms. The molecular formula is C29H31F2NO4. The molecule has 190 valence electrons. The Kier molecular flexibility index (Phi) is 7.51. The molecule has 5 nitrogen and oxygen atoms in total. The SMILES string of the molecule is O[C@@H](CN(Cc1ccccc1)C[C@H](O)[C@H]1CCc2cc(F)ccc2O1)[C@@H]1CCc2cc(F)ccc2O1. The summed E-state index contributed by atoms with van der Waals surface area (Å²) in [6, 6.07) is 18.8. The molecule has 0 amide bonds. The van der Waals surface area contributed by atoms with Crippen molar-refractivity contribution in [3.05, 3.63) is 95.1 Å².